The van der Waals surface area contributed by atoms with Crippen molar-refractivity contribution in [1.29, 1.82) is 0 Å². The zero-order chi connectivity index (χ0) is 14.8. The van der Waals surface area contributed by atoms with Crippen molar-refractivity contribution in [3.05, 3.63) is 34.9 Å². The summed E-state index contributed by atoms with van der Waals surface area (Å²) in [5.41, 5.74) is 2.46. The molecular formula is C16H25NO2. The Morgan fingerprint density at radius 3 is 2.16 bits per heavy atom. The fourth-order valence-electron chi connectivity index (χ4n) is 2.16. The quantitative estimate of drug-likeness (QED) is 0.906. The van der Waals surface area contributed by atoms with E-state index in [1.165, 1.54) is 11.1 Å². The Balaban J connectivity index is 2.79. The van der Waals surface area contributed by atoms with Gasteiger partial charge in [-0.15, -0.1) is 0 Å². The topological polar surface area (TPSA) is 40.5 Å². The molecule has 0 spiro atoms. The predicted octanol–water partition coefficient (Wildman–Crippen LogP) is 2.46. The van der Waals surface area contributed by atoms with Gasteiger partial charge in [-0.05, 0) is 40.2 Å². The number of rotatable bonds is 4. The van der Waals surface area contributed by atoms with Gasteiger partial charge in [0.25, 0.3) is 0 Å². The first-order valence-corrected chi connectivity index (χ1v) is 6.66. The maximum atomic E-state index is 12.2. The van der Waals surface area contributed by atoms with Crippen molar-refractivity contribution in [3.8, 4) is 0 Å². The molecule has 0 saturated heterocycles. The third-order valence-corrected chi connectivity index (χ3v) is 3.63. The molecule has 3 heteroatoms. The molecule has 0 bridgehead atoms. The molecule has 0 aliphatic rings. The molecule has 0 aliphatic carbocycles. The minimum absolute atomic E-state index is 0.0274. The Hall–Kier alpha value is -1.35. The lowest BCUT2D eigenvalue weighted by molar-refractivity contribution is -0.135. The first kappa shape index (κ1) is 15.7. The van der Waals surface area contributed by atoms with E-state index in [1.54, 1.807) is 25.8 Å². The Labute approximate surface area is 116 Å². The van der Waals surface area contributed by atoms with E-state index in [1.807, 2.05) is 32.9 Å². The van der Waals surface area contributed by atoms with E-state index in [9.17, 15) is 9.90 Å². The Kier molecular flexibility index (Phi) is 4.75. The highest BCUT2D eigenvalue weighted by Gasteiger charge is 2.28. The summed E-state index contributed by atoms with van der Waals surface area (Å²) in [6.07, 6.45) is 0.374. The van der Waals surface area contributed by atoms with E-state index in [-0.39, 0.29) is 11.9 Å². The second kappa shape index (κ2) is 5.74. The summed E-state index contributed by atoms with van der Waals surface area (Å²) in [7, 11) is 1.74. The van der Waals surface area contributed by atoms with Crippen molar-refractivity contribution in [2.45, 2.75) is 52.7 Å². The Bertz CT molecular complexity index is 440. The van der Waals surface area contributed by atoms with E-state index < -0.39 is 5.60 Å². The summed E-state index contributed by atoms with van der Waals surface area (Å²) < 4.78 is 0. The van der Waals surface area contributed by atoms with Gasteiger partial charge >= 0.3 is 0 Å². The number of carbonyl (C=O) groups is 1. The van der Waals surface area contributed by atoms with Crippen LogP contribution in [0.25, 0.3) is 0 Å². The maximum Gasteiger partial charge on any atom is 0.227 e. The normalized spacial score (nSPS) is 13.2. The smallest absolute Gasteiger partial charge is 0.227 e. The molecule has 0 aromatic heterocycles. The first-order chi connectivity index (χ1) is 8.61. The number of amides is 1. The van der Waals surface area contributed by atoms with Crippen LogP contribution < -0.4 is 0 Å². The van der Waals surface area contributed by atoms with Gasteiger partial charge in [0.1, 0.15) is 0 Å². The van der Waals surface area contributed by atoms with Crippen LogP contribution in [-0.4, -0.2) is 34.6 Å². The highest BCUT2D eigenvalue weighted by molar-refractivity contribution is 5.79. The standard InChI is InChI=1S/C16H25NO2/c1-11-7-12(2)9-14(8-11)10-15(18)17(6)13(3)16(4,5)19/h7-9,13,19H,10H2,1-6H3. The van der Waals surface area contributed by atoms with Gasteiger partial charge in [0, 0.05) is 7.05 Å². The Morgan fingerprint density at radius 2 is 1.74 bits per heavy atom. The van der Waals surface area contributed by atoms with Crippen molar-refractivity contribution in [3.63, 3.8) is 0 Å². The number of likely N-dealkylation sites (N-methyl/N-ethyl adjacent to an activating group) is 1. The summed E-state index contributed by atoms with van der Waals surface area (Å²) in [5.74, 6) is 0.0274. The highest BCUT2D eigenvalue weighted by atomic mass is 16.3. The zero-order valence-electron chi connectivity index (χ0n) is 12.8. The molecule has 1 N–H and O–H groups in total. The summed E-state index contributed by atoms with van der Waals surface area (Å²) in [6, 6.07) is 5.95. The first-order valence-electron chi connectivity index (χ1n) is 6.66. The van der Waals surface area contributed by atoms with Gasteiger partial charge < -0.3 is 10.0 Å². The molecule has 1 atom stereocenters. The molecule has 3 nitrogen and oxygen atoms in total. The fraction of sp³-hybridized carbons (Fsp3) is 0.562. The SMILES string of the molecule is Cc1cc(C)cc(CC(=O)N(C)C(C)C(C)(C)O)c1. The summed E-state index contributed by atoms with van der Waals surface area (Å²) in [4.78, 5) is 13.9. The van der Waals surface area contributed by atoms with Crippen LogP contribution in [0.5, 0.6) is 0 Å². The number of nitrogens with zero attached hydrogens (tertiary/aromatic N) is 1. The zero-order valence-corrected chi connectivity index (χ0v) is 12.8. The van der Waals surface area contributed by atoms with Gasteiger partial charge in [0.15, 0.2) is 0 Å². The minimum atomic E-state index is -0.896. The lowest BCUT2D eigenvalue weighted by Gasteiger charge is -2.34. The van der Waals surface area contributed by atoms with Gasteiger partial charge in [-0.3, -0.25) is 4.79 Å². The lowest BCUT2D eigenvalue weighted by Crippen LogP contribution is -2.48. The van der Waals surface area contributed by atoms with Crippen LogP contribution in [0, 0.1) is 13.8 Å². The van der Waals surface area contributed by atoms with Crippen molar-refractivity contribution < 1.29 is 9.90 Å². The number of benzene rings is 1. The number of hydrogen-bond donors (Lipinski definition) is 1. The molecule has 0 radical (unpaired) electrons. The van der Waals surface area contributed by atoms with Crippen LogP contribution in [0.4, 0.5) is 0 Å². The third kappa shape index (κ3) is 4.35. The summed E-state index contributed by atoms with van der Waals surface area (Å²) >= 11 is 0. The van der Waals surface area contributed by atoms with Gasteiger partial charge in [-0.2, -0.15) is 0 Å². The molecular weight excluding hydrogens is 238 g/mol. The van der Waals surface area contributed by atoms with Crippen LogP contribution in [0.3, 0.4) is 0 Å². The van der Waals surface area contributed by atoms with Crippen LogP contribution in [0.2, 0.25) is 0 Å². The van der Waals surface area contributed by atoms with Crippen molar-refractivity contribution >= 4 is 5.91 Å². The van der Waals surface area contributed by atoms with Gasteiger partial charge in [0.05, 0.1) is 18.1 Å². The van der Waals surface area contributed by atoms with E-state index >= 15 is 0 Å². The van der Waals surface area contributed by atoms with E-state index in [4.69, 9.17) is 0 Å². The predicted molar refractivity (Wildman–Crippen MR) is 78.1 cm³/mol. The molecule has 1 rings (SSSR count). The number of carbonyl (C=O) groups excluding carboxylic acids is 1. The van der Waals surface area contributed by atoms with Gasteiger partial charge in [-0.25, -0.2) is 0 Å². The highest BCUT2D eigenvalue weighted by Crippen LogP contribution is 2.16. The molecule has 0 aliphatic heterocycles. The molecule has 1 amide bonds. The van der Waals surface area contributed by atoms with E-state index in [2.05, 4.69) is 6.07 Å². The molecule has 1 unspecified atom stereocenters. The lowest BCUT2D eigenvalue weighted by atomic mass is 9.98. The van der Waals surface area contributed by atoms with E-state index in [0.29, 0.717) is 6.42 Å². The molecule has 0 heterocycles. The molecule has 0 saturated carbocycles. The molecule has 1 aromatic carbocycles. The average molecular weight is 263 g/mol. The third-order valence-electron chi connectivity index (χ3n) is 3.63. The average Bonchev–Trinajstić information content (AvgIpc) is 2.24. The van der Waals surface area contributed by atoms with Crippen LogP contribution >= 0.6 is 0 Å². The molecule has 19 heavy (non-hydrogen) atoms. The van der Waals surface area contributed by atoms with Gasteiger partial charge in [0.2, 0.25) is 5.91 Å². The van der Waals surface area contributed by atoms with E-state index in [0.717, 1.165) is 5.56 Å². The van der Waals surface area contributed by atoms with Crippen molar-refractivity contribution in [2.75, 3.05) is 7.05 Å². The monoisotopic (exact) mass is 263 g/mol. The summed E-state index contributed by atoms with van der Waals surface area (Å²) in [5, 5.41) is 9.97. The number of hydrogen-bond acceptors (Lipinski definition) is 2. The van der Waals surface area contributed by atoms with Crippen molar-refractivity contribution in [2.24, 2.45) is 0 Å². The summed E-state index contributed by atoms with van der Waals surface area (Å²) in [6.45, 7) is 9.37. The van der Waals surface area contributed by atoms with Crippen LogP contribution in [0.1, 0.15) is 37.5 Å². The largest absolute Gasteiger partial charge is 0.388 e. The molecule has 0 fully saturated rings. The van der Waals surface area contributed by atoms with Crippen LogP contribution in [0.15, 0.2) is 18.2 Å². The minimum Gasteiger partial charge on any atom is -0.388 e. The number of aliphatic hydroxyl groups is 1. The van der Waals surface area contributed by atoms with Crippen LogP contribution in [-0.2, 0) is 11.2 Å². The van der Waals surface area contributed by atoms with Crippen molar-refractivity contribution in [1.82, 2.24) is 4.90 Å². The molecule has 1 aromatic rings. The molecule has 106 valence electrons. The number of aryl methyl sites for hydroxylation is 2. The second-order valence-corrected chi connectivity index (χ2v) is 6.01. The Morgan fingerprint density at radius 1 is 1.26 bits per heavy atom. The second-order valence-electron chi connectivity index (χ2n) is 6.01. The van der Waals surface area contributed by atoms with Gasteiger partial charge in [-0.1, -0.05) is 29.3 Å². The fourth-order valence-corrected chi connectivity index (χ4v) is 2.16. The maximum absolute atomic E-state index is 12.2.